The molecule has 1 aliphatic heterocycles. The standard InChI is InChI=1S/C9H16N2O3S/c1-10(2)6-8-7-11(15(3,13)14)5-4-9(8)12/h6H,4-5,7H2,1-3H3/b8-6+. The fourth-order valence-electron chi connectivity index (χ4n) is 1.45. The lowest BCUT2D eigenvalue weighted by atomic mass is 10.1. The first kappa shape index (κ1) is 12.2. The molecule has 0 aromatic carbocycles. The maximum absolute atomic E-state index is 11.5. The number of hydrogen-bond acceptors (Lipinski definition) is 4. The van der Waals surface area contributed by atoms with Gasteiger partial charge < -0.3 is 4.90 Å². The van der Waals surface area contributed by atoms with Crippen LogP contribution in [0.15, 0.2) is 11.8 Å². The summed E-state index contributed by atoms with van der Waals surface area (Å²) in [5.41, 5.74) is 0.552. The molecule has 0 radical (unpaired) electrons. The summed E-state index contributed by atoms with van der Waals surface area (Å²) in [6.45, 7) is 0.484. The van der Waals surface area contributed by atoms with Crippen LogP contribution in [-0.2, 0) is 14.8 Å². The molecule has 15 heavy (non-hydrogen) atoms. The average Bonchev–Trinajstić information content (AvgIpc) is 2.06. The van der Waals surface area contributed by atoms with E-state index in [1.54, 1.807) is 25.2 Å². The topological polar surface area (TPSA) is 57.7 Å². The number of carbonyl (C=O) groups is 1. The smallest absolute Gasteiger partial charge is 0.211 e. The first-order chi connectivity index (χ1) is 6.80. The van der Waals surface area contributed by atoms with E-state index in [-0.39, 0.29) is 18.7 Å². The Morgan fingerprint density at radius 3 is 2.47 bits per heavy atom. The van der Waals surface area contributed by atoms with Gasteiger partial charge in [-0.3, -0.25) is 4.79 Å². The summed E-state index contributed by atoms with van der Waals surface area (Å²) in [5, 5.41) is 0. The van der Waals surface area contributed by atoms with Crippen molar-refractivity contribution in [2.45, 2.75) is 6.42 Å². The molecule has 0 aromatic heterocycles. The van der Waals surface area contributed by atoms with E-state index in [1.165, 1.54) is 4.31 Å². The van der Waals surface area contributed by atoms with Gasteiger partial charge in [-0.1, -0.05) is 0 Å². The summed E-state index contributed by atoms with van der Waals surface area (Å²) in [4.78, 5) is 13.2. The van der Waals surface area contributed by atoms with Gasteiger partial charge in [0.2, 0.25) is 10.0 Å². The van der Waals surface area contributed by atoms with E-state index >= 15 is 0 Å². The van der Waals surface area contributed by atoms with Gasteiger partial charge in [-0.25, -0.2) is 8.42 Å². The van der Waals surface area contributed by atoms with Crippen LogP contribution in [0.1, 0.15) is 6.42 Å². The molecule has 0 aromatic rings. The van der Waals surface area contributed by atoms with Crippen LogP contribution in [0, 0.1) is 0 Å². The van der Waals surface area contributed by atoms with Crippen molar-refractivity contribution < 1.29 is 13.2 Å². The van der Waals surface area contributed by atoms with E-state index < -0.39 is 10.0 Å². The summed E-state index contributed by atoms with van der Waals surface area (Å²) in [7, 11) is 0.414. The lowest BCUT2D eigenvalue weighted by molar-refractivity contribution is -0.116. The minimum Gasteiger partial charge on any atom is -0.383 e. The molecule has 86 valence electrons. The molecule has 1 heterocycles. The maximum atomic E-state index is 11.5. The number of rotatable bonds is 2. The molecule has 1 saturated heterocycles. The monoisotopic (exact) mass is 232 g/mol. The molecule has 0 amide bonds. The number of sulfonamides is 1. The highest BCUT2D eigenvalue weighted by molar-refractivity contribution is 7.88. The van der Waals surface area contributed by atoms with E-state index in [2.05, 4.69) is 0 Å². The van der Waals surface area contributed by atoms with Crippen molar-refractivity contribution in [1.29, 1.82) is 0 Å². The summed E-state index contributed by atoms with van der Waals surface area (Å²) >= 11 is 0. The normalized spacial score (nSPS) is 22.1. The Hall–Kier alpha value is -0.880. The molecule has 0 saturated carbocycles. The van der Waals surface area contributed by atoms with Crippen LogP contribution in [-0.4, -0.2) is 56.8 Å². The van der Waals surface area contributed by atoms with Gasteiger partial charge in [0.05, 0.1) is 6.26 Å². The fraction of sp³-hybridized carbons (Fsp3) is 0.667. The zero-order valence-electron chi connectivity index (χ0n) is 9.23. The zero-order chi connectivity index (χ0) is 11.6. The predicted molar refractivity (Wildman–Crippen MR) is 57.8 cm³/mol. The van der Waals surface area contributed by atoms with Crippen molar-refractivity contribution in [2.75, 3.05) is 33.4 Å². The van der Waals surface area contributed by atoms with Crippen LogP contribution in [0.2, 0.25) is 0 Å². The lowest BCUT2D eigenvalue weighted by Gasteiger charge is -2.26. The van der Waals surface area contributed by atoms with Crippen LogP contribution in [0.25, 0.3) is 0 Å². The third kappa shape index (κ3) is 3.32. The minimum absolute atomic E-state index is 0.0311. The highest BCUT2D eigenvalue weighted by Gasteiger charge is 2.26. The van der Waals surface area contributed by atoms with Crippen LogP contribution < -0.4 is 0 Å². The Bertz CT molecular complexity index is 384. The van der Waals surface area contributed by atoms with E-state index in [0.29, 0.717) is 12.1 Å². The Labute approximate surface area is 90.4 Å². The number of Topliss-reactive ketones (excluding diaryl/α,β-unsaturated/α-hetero) is 1. The molecular weight excluding hydrogens is 216 g/mol. The number of ketones is 1. The van der Waals surface area contributed by atoms with Crippen molar-refractivity contribution in [1.82, 2.24) is 9.21 Å². The first-order valence-corrected chi connectivity index (χ1v) is 6.51. The number of carbonyl (C=O) groups excluding carboxylic acids is 1. The van der Waals surface area contributed by atoms with E-state index in [4.69, 9.17) is 0 Å². The summed E-state index contributed by atoms with van der Waals surface area (Å²) < 4.78 is 23.9. The Morgan fingerprint density at radius 2 is 2.00 bits per heavy atom. The maximum Gasteiger partial charge on any atom is 0.211 e. The van der Waals surface area contributed by atoms with Gasteiger partial charge in [0, 0.05) is 45.4 Å². The first-order valence-electron chi connectivity index (χ1n) is 4.66. The van der Waals surface area contributed by atoms with Crippen molar-refractivity contribution in [2.24, 2.45) is 0 Å². The van der Waals surface area contributed by atoms with Crippen LogP contribution >= 0.6 is 0 Å². The Morgan fingerprint density at radius 1 is 1.40 bits per heavy atom. The third-order valence-corrected chi connectivity index (χ3v) is 3.43. The van der Waals surface area contributed by atoms with Gasteiger partial charge >= 0.3 is 0 Å². The van der Waals surface area contributed by atoms with Crippen LogP contribution in [0.3, 0.4) is 0 Å². The van der Waals surface area contributed by atoms with Crippen LogP contribution in [0.4, 0.5) is 0 Å². The van der Waals surface area contributed by atoms with E-state index in [9.17, 15) is 13.2 Å². The molecule has 0 bridgehead atoms. The molecule has 0 spiro atoms. The second-order valence-electron chi connectivity index (χ2n) is 3.89. The van der Waals surface area contributed by atoms with Gasteiger partial charge in [-0.05, 0) is 0 Å². The third-order valence-electron chi connectivity index (χ3n) is 2.18. The second-order valence-corrected chi connectivity index (χ2v) is 5.87. The van der Waals surface area contributed by atoms with Crippen molar-refractivity contribution >= 4 is 15.8 Å². The molecule has 0 unspecified atom stereocenters. The molecule has 0 aliphatic carbocycles. The molecule has 1 aliphatic rings. The summed E-state index contributed by atoms with van der Waals surface area (Å²) in [5.74, 6) is 0.0311. The lowest BCUT2D eigenvalue weighted by Crippen LogP contribution is -2.39. The van der Waals surface area contributed by atoms with Crippen molar-refractivity contribution in [3.8, 4) is 0 Å². The highest BCUT2D eigenvalue weighted by atomic mass is 32.2. The van der Waals surface area contributed by atoms with Gasteiger partial charge in [0.15, 0.2) is 5.78 Å². The molecule has 1 fully saturated rings. The van der Waals surface area contributed by atoms with Gasteiger partial charge in [0.25, 0.3) is 0 Å². The molecule has 0 N–H and O–H groups in total. The predicted octanol–water partition coefficient (Wildman–Crippen LogP) is -0.334. The van der Waals surface area contributed by atoms with Crippen molar-refractivity contribution in [3.63, 3.8) is 0 Å². The zero-order valence-corrected chi connectivity index (χ0v) is 10.0. The molecule has 6 heteroatoms. The molecular formula is C9H16N2O3S. The van der Waals surface area contributed by atoms with Crippen LogP contribution in [0.5, 0.6) is 0 Å². The summed E-state index contributed by atoms with van der Waals surface area (Å²) in [6.07, 6.45) is 3.11. The molecule has 5 nitrogen and oxygen atoms in total. The van der Waals surface area contributed by atoms with Crippen molar-refractivity contribution in [3.05, 3.63) is 11.8 Å². The van der Waals surface area contributed by atoms with Gasteiger partial charge in [-0.2, -0.15) is 4.31 Å². The van der Waals surface area contributed by atoms with Gasteiger partial charge in [0.1, 0.15) is 0 Å². The number of hydrogen-bond donors (Lipinski definition) is 0. The van der Waals surface area contributed by atoms with Gasteiger partial charge in [-0.15, -0.1) is 0 Å². The largest absolute Gasteiger partial charge is 0.383 e. The number of piperidine rings is 1. The second kappa shape index (κ2) is 4.32. The fourth-order valence-corrected chi connectivity index (χ4v) is 2.25. The Balaban J connectivity index is 2.87. The Kier molecular flexibility index (Phi) is 3.51. The van der Waals surface area contributed by atoms with E-state index in [1.807, 2.05) is 0 Å². The number of nitrogens with zero attached hydrogens (tertiary/aromatic N) is 2. The molecule has 1 rings (SSSR count). The quantitative estimate of drug-likeness (QED) is 0.612. The summed E-state index contributed by atoms with van der Waals surface area (Å²) in [6, 6.07) is 0. The molecule has 0 atom stereocenters. The highest BCUT2D eigenvalue weighted by Crippen LogP contribution is 2.14. The minimum atomic E-state index is -3.20. The SMILES string of the molecule is CN(C)/C=C1\CN(S(C)(=O)=O)CCC1=O. The van der Waals surface area contributed by atoms with E-state index in [0.717, 1.165) is 6.26 Å². The average molecular weight is 232 g/mol.